The number of hydrogen-bond acceptors (Lipinski definition) is 6. The van der Waals surface area contributed by atoms with Gasteiger partial charge in [0, 0.05) is 11.1 Å². The van der Waals surface area contributed by atoms with Gasteiger partial charge in [-0.1, -0.05) is 77.8 Å². The molecule has 226 valence electrons. The van der Waals surface area contributed by atoms with Gasteiger partial charge in [0.1, 0.15) is 11.2 Å². The van der Waals surface area contributed by atoms with E-state index in [-0.39, 0.29) is 33.3 Å². The molecule has 0 aliphatic carbocycles. The molecular formula is C32H33Cl2N3O6. The maximum absolute atomic E-state index is 15.0. The third kappa shape index (κ3) is 6.63. The smallest absolute Gasteiger partial charge is 0.431 e. The Bertz CT molecular complexity index is 1570. The minimum absolute atomic E-state index is 0.0803. The molecule has 3 aromatic rings. The van der Waals surface area contributed by atoms with Crippen LogP contribution >= 0.6 is 23.2 Å². The second-order valence-corrected chi connectivity index (χ2v) is 12.8. The number of hydrogen-bond donors (Lipinski definition) is 1. The third-order valence-corrected chi connectivity index (χ3v) is 7.12. The Kier molecular flexibility index (Phi) is 8.81. The van der Waals surface area contributed by atoms with Crippen LogP contribution in [0.4, 0.5) is 9.59 Å². The summed E-state index contributed by atoms with van der Waals surface area (Å²) in [6.07, 6.45) is -2.11. The summed E-state index contributed by atoms with van der Waals surface area (Å²) in [5.41, 5.74) is -0.654. The molecule has 1 atom stereocenters. The number of rotatable bonds is 4. The Balaban J connectivity index is 2.07. The van der Waals surface area contributed by atoms with Crippen molar-refractivity contribution in [3.8, 4) is 0 Å². The van der Waals surface area contributed by atoms with Crippen molar-refractivity contribution >= 4 is 47.2 Å². The van der Waals surface area contributed by atoms with E-state index in [4.69, 9.17) is 32.7 Å². The topological polar surface area (TPSA) is 105 Å². The van der Waals surface area contributed by atoms with Gasteiger partial charge < -0.3 is 9.47 Å². The number of carbonyl (C=O) groups is 4. The Morgan fingerprint density at radius 2 is 1.44 bits per heavy atom. The number of nitrogens with one attached hydrogen (secondary N) is 1. The first kappa shape index (κ1) is 31.8. The van der Waals surface area contributed by atoms with Gasteiger partial charge in [-0.15, -0.1) is 0 Å². The van der Waals surface area contributed by atoms with Gasteiger partial charge in [0.2, 0.25) is 0 Å². The molecule has 1 aliphatic rings. The fourth-order valence-corrected chi connectivity index (χ4v) is 5.05. The second-order valence-electron chi connectivity index (χ2n) is 12.0. The van der Waals surface area contributed by atoms with E-state index in [1.807, 2.05) is 6.07 Å². The lowest BCUT2D eigenvalue weighted by atomic mass is 9.75. The van der Waals surface area contributed by atoms with Crippen LogP contribution in [0, 0.1) is 0 Å². The summed E-state index contributed by atoms with van der Waals surface area (Å²) >= 11 is 12.7. The Hall–Kier alpha value is -4.08. The second kappa shape index (κ2) is 11.9. The molecule has 4 rings (SSSR count). The number of fused-ring (bicyclic) bond motifs is 1. The van der Waals surface area contributed by atoms with E-state index in [1.165, 1.54) is 18.2 Å². The summed E-state index contributed by atoms with van der Waals surface area (Å²) in [4.78, 5) is 57.4. The number of benzene rings is 3. The highest BCUT2D eigenvalue weighted by atomic mass is 35.5. The Morgan fingerprint density at radius 1 is 0.837 bits per heavy atom. The molecule has 0 fully saturated rings. The number of amides is 4. The van der Waals surface area contributed by atoms with Gasteiger partial charge in [-0.05, 0) is 70.9 Å². The van der Waals surface area contributed by atoms with Crippen LogP contribution in [0.5, 0.6) is 0 Å². The quantitative estimate of drug-likeness (QED) is 0.245. The van der Waals surface area contributed by atoms with Crippen LogP contribution < -0.4 is 5.43 Å². The molecule has 3 aromatic carbocycles. The van der Waals surface area contributed by atoms with E-state index in [9.17, 15) is 19.2 Å². The van der Waals surface area contributed by atoms with Crippen LogP contribution in [0.25, 0.3) is 0 Å². The van der Waals surface area contributed by atoms with E-state index >= 15 is 0 Å². The monoisotopic (exact) mass is 625 g/mol. The Labute approximate surface area is 260 Å². The predicted octanol–water partition coefficient (Wildman–Crippen LogP) is 7.10. The lowest BCUT2D eigenvalue weighted by molar-refractivity contribution is -0.143. The van der Waals surface area contributed by atoms with Crippen LogP contribution in [-0.2, 0) is 26.4 Å². The van der Waals surface area contributed by atoms with Gasteiger partial charge in [-0.25, -0.2) is 15.0 Å². The van der Waals surface area contributed by atoms with Gasteiger partial charge in [-0.3, -0.25) is 14.5 Å². The molecule has 1 heterocycles. The lowest BCUT2D eigenvalue weighted by Crippen LogP contribution is -2.68. The van der Waals surface area contributed by atoms with Crippen molar-refractivity contribution in [2.75, 3.05) is 0 Å². The fraction of sp³-hybridized carbons (Fsp3) is 0.312. The number of nitrogens with zero attached hydrogens (tertiary/aromatic N) is 2. The van der Waals surface area contributed by atoms with Gasteiger partial charge >= 0.3 is 12.2 Å². The molecular weight excluding hydrogens is 593 g/mol. The van der Waals surface area contributed by atoms with Gasteiger partial charge in [0.25, 0.3) is 11.8 Å². The molecule has 0 saturated heterocycles. The molecule has 11 heteroatoms. The maximum Gasteiger partial charge on any atom is 0.431 e. The molecule has 43 heavy (non-hydrogen) atoms. The fourth-order valence-electron chi connectivity index (χ4n) is 4.75. The van der Waals surface area contributed by atoms with E-state index in [2.05, 4.69) is 5.43 Å². The minimum Gasteiger partial charge on any atom is -0.443 e. The van der Waals surface area contributed by atoms with Crippen molar-refractivity contribution in [1.29, 1.82) is 0 Å². The number of ether oxygens (including phenoxy) is 2. The number of hydrazine groups is 1. The summed E-state index contributed by atoms with van der Waals surface area (Å²) < 4.78 is 11.2. The summed E-state index contributed by atoms with van der Waals surface area (Å²) in [5.74, 6) is -1.41. The van der Waals surface area contributed by atoms with E-state index in [0.29, 0.717) is 5.56 Å². The van der Waals surface area contributed by atoms with Crippen molar-refractivity contribution < 1.29 is 28.7 Å². The van der Waals surface area contributed by atoms with Crippen LogP contribution in [0.3, 0.4) is 0 Å². The zero-order valence-corrected chi connectivity index (χ0v) is 26.2. The number of halogens is 2. The number of carbonyl (C=O) groups excluding carboxylic acids is 4. The average molecular weight is 627 g/mol. The molecule has 0 aromatic heterocycles. The van der Waals surface area contributed by atoms with Crippen molar-refractivity contribution in [2.45, 2.75) is 64.8 Å². The van der Waals surface area contributed by atoms with Crippen LogP contribution in [-0.4, -0.2) is 45.1 Å². The zero-order chi connectivity index (χ0) is 31.7. The maximum atomic E-state index is 15.0. The summed E-state index contributed by atoms with van der Waals surface area (Å²) in [5, 5.41) is 1.05. The molecule has 1 aliphatic heterocycles. The highest BCUT2D eigenvalue weighted by molar-refractivity contribution is 6.42. The van der Waals surface area contributed by atoms with E-state index < -0.39 is 40.7 Å². The average Bonchev–Trinajstić information content (AvgIpc) is 2.91. The van der Waals surface area contributed by atoms with Crippen molar-refractivity contribution in [1.82, 2.24) is 15.3 Å². The highest BCUT2D eigenvalue weighted by Gasteiger charge is 2.59. The SMILES string of the molecule is CC(C)(C)OC(=O)NN(C(=O)OC(C)(C)C)C1(c2ccc(Cl)c(Cl)c2)C(=O)N(Cc2ccccc2)C(=O)c2ccccc21. The standard InChI is InChI=1S/C32H33Cl2N3O6/c1-30(2,3)42-28(40)35-37(29(41)43-31(4,5)6)32(21-16-17-24(33)25(34)18-21)23-15-11-10-14-22(23)26(38)36(27(32)39)19-20-12-8-7-9-13-20/h7-18H,19H2,1-6H3,(H,35,40). The summed E-state index contributed by atoms with van der Waals surface area (Å²) in [6, 6.07) is 19.7. The third-order valence-electron chi connectivity index (χ3n) is 6.38. The van der Waals surface area contributed by atoms with E-state index in [0.717, 1.165) is 9.91 Å². The molecule has 1 N–H and O–H groups in total. The lowest BCUT2D eigenvalue weighted by Gasteiger charge is -2.47. The van der Waals surface area contributed by atoms with Crippen molar-refractivity contribution in [3.05, 3.63) is 105 Å². The van der Waals surface area contributed by atoms with Gasteiger partial charge in [0.15, 0.2) is 5.54 Å². The first-order chi connectivity index (χ1) is 20.0. The van der Waals surface area contributed by atoms with Crippen molar-refractivity contribution in [3.63, 3.8) is 0 Å². The first-order valence-electron chi connectivity index (χ1n) is 13.5. The molecule has 0 spiro atoms. The molecule has 4 amide bonds. The molecule has 1 unspecified atom stereocenters. The summed E-state index contributed by atoms with van der Waals surface area (Å²) in [7, 11) is 0. The van der Waals surface area contributed by atoms with Crippen LogP contribution in [0.2, 0.25) is 10.0 Å². The van der Waals surface area contributed by atoms with Crippen LogP contribution in [0.1, 0.15) is 68.6 Å². The Morgan fingerprint density at radius 3 is 2.05 bits per heavy atom. The predicted molar refractivity (Wildman–Crippen MR) is 162 cm³/mol. The number of imide groups is 1. The van der Waals surface area contributed by atoms with Gasteiger partial charge in [0.05, 0.1) is 16.6 Å². The zero-order valence-electron chi connectivity index (χ0n) is 24.7. The van der Waals surface area contributed by atoms with Gasteiger partial charge in [-0.2, -0.15) is 5.01 Å². The van der Waals surface area contributed by atoms with Crippen LogP contribution in [0.15, 0.2) is 72.8 Å². The largest absolute Gasteiger partial charge is 0.443 e. The molecule has 9 nitrogen and oxygen atoms in total. The molecule has 0 saturated carbocycles. The minimum atomic E-state index is -2.19. The normalized spacial score (nSPS) is 16.8. The first-order valence-corrected chi connectivity index (χ1v) is 14.3. The summed E-state index contributed by atoms with van der Waals surface area (Å²) in [6.45, 7) is 9.77. The molecule has 0 radical (unpaired) electrons. The van der Waals surface area contributed by atoms with E-state index in [1.54, 1.807) is 90.1 Å². The van der Waals surface area contributed by atoms with Crippen molar-refractivity contribution in [2.24, 2.45) is 0 Å². The molecule has 0 bridgehead atoms. The highest BCUT2D eigenvalue weighted by Crippen LogP contribution is 2.45.